The number of rotatable bonds is 2. The highest BCUT2D eigenvalue weighted by molar-refractivity contribution is 5.94. The highest BCUT2D eigenvalue weighted by Crippen LogP contribution is 2.33. The van der Waals surface area contributed by atoms with E-state index in [1.165, 1.54) is 41.5 Å². The molecule has 2 aromatic carbocycles. The third-order valence-electron chi connectivity index (χ3n) is 5.44. The highest BCUT2D eigenvalue weighted by atomic mass is 15.1. The molecule has 1 fully saturated rings. The lowest BCUT2D eigenvalue weighted by molar-refractivity contribution is 0.579. The molecule has 0 atom stereocenters. The number of aromatic nitrogens is 1. The first-order valence-electron chi connectivity index (χ1n) is 9.78. The first-order chi connectivity index (χ1) is 12.5. The van der Waals surface area contributed by atoms with Crippen molar-refractivity contribution in [2.75, 3.05) is 18.0 Å². The minimum atomic E-state index is 0.175. The van der Waals surface area contributed by atoms with Gasteiger partial charge in [-0.15, -0.1) is 0 Å². The number of benzene rings is 2. The van der Waals surface area contributed by atoms with Crippen LogP contribution in [-0.4, -0.2) is 18.1 Å². The van der Waals surface area contributed by atoms with E-state index in [4.69, 9.17) is 4.98 Å². The topological polar surface area (TPSA) is 16.1 Å². The number of hydrogen-bond donors (Lipinski definition) is 0. The third kappa shape index (κ3) is 3.33. The Bertz CT molecular complexity index is 898. The summed E-state index contributed by atoms with van der Waals surface area (Å²) >= 11 is 0. The van der Waals surface area contributed by atoms with E-state index < -0.39 is 0 Å². The van der Waals surface area contributed by atoms with Gasteiger partial charge in [0.2, 0.25) is 0 Å². The minimum Gasteiger partial charge on any atom is -0.371 e. The summed E-state index contributed by atoms with van der Waals surface area (Å²) in [6.07, 6.45) is 3.92. The molecule has 2 nitrogen and oxygen atoms in total. The second kappa shape index (κ2) is 6.75. The molecule has 2 heteroatoms. The van der Waals surface area contributed by atoms with Crippen molar-refractivity contribution in [2.45, 2.75) is 45.4 Å². The van der Waals surface area contributed by atoms with Gasteiger partial charge in [-0.3, -0.25) is 0 Å². The molecule has 26 heavy (non-hydrogen) atoms. The van der Waals surface area contributed by atoms with E-state index in [1.807, 2.05) is 0 Å². The van der Waals surface area contributed by atoms with Crippen LogP contribution in [0, 0.1) is 0 Å². The lowest BCUT2D eigenvalue weighted by Gasteiger charge is -2.30. The van der Waals surface area contributed by atoms with Gasteiger partial charge in [-0.05, 0) is 42.4 Å². The van der Waals surface area contributed by atoms with Crippen molar-refractivity contribution >= 4 is 16.6 Å². The molecular formula is C24H28N2. The van der Waals surface area contributed by atoms with E-state index >= 15 is 0 Å². The SMILES string of the molecule is CC(C)(C)c1ccc(-c2cc(N3CCCCC3)c3ccccc3n2)cc1. The van der Waals surface area contributed by atoms with Crippen LogP contribution in [0.5, 0.6) is 0 Å². The Morgan fingerprint density at radius 1 is 0.846 bits per heavy atom. The van der Waals surface area contributed by atoms with Crippen molar-refractivity contribution in [2.24, 2.45) is 0 Å². The van der Waals surface area contributed by atoms with Crippen LogP contribution in [-0.2, 0) is 5.41 Å². The highest BCUT2D eigenvalue weighted by Gasteiger charge is 2.17. The second-order valence-corrected chi connectivity index (χ2v) is 8.42. The van der Waals surface area contributed by atoms with Crippen molar-refractivity contribution in [3.05, 3.63) is 60.2 Å². The summed E-state index contributed by atoms with van der Waals surface area (Å²) in [5.41, 5.74) is 6.23. The zero-order valence-electron chi connectivity index (χ0n) is 16.1. The Morgan fingerprint density at radius 3 is 2.23 bits per heavy atom. The van der Waals surface area contributed by atoms with Gasteiger partial charge in [0.15, 0.2) is 0 Å². The predicted octanol–water partition coefficient (Wildman–Crippen LogP) is 6.19. The molecule has 0 saturated carbocycles. The summed E-state index contributed by atoms with van der Waals surface area (Å²) < 4.78 is 0. The van der Waals surface area contributed by atoms with E-state index in [9.17, 15) is 0 Å². The Kier molecular flexibility index (Phi) is 4.44. The monoisotopic (exact) mass is 344 g/mol. The molecule has 0 radical (unpaired) electrons. The van der Waals surface area contributed by atoms with E-state index in [0.717, 1.165) is 24.3 Å². The summed E-state index contributed by atoms with van der Waals surface area (Å²) in [5, 5.41) is 1.27. The van der Waals surface area contributed by atoms with E-state index in [-0.39, 0.29) is 5.41 Å². The molecule has 1 aliphatic rings. The molecule has 134 valence electrons. The Morgan fingerprint density at radius 2 is 1.54 bits per heavy atom. The predicted molar refractivity (Wildman–Crippen MR) is 112 cm³/mol. The van der Waals surface area contributed by atoms with Gasteiger partial charge in [-0.25, -0.2) is 4.98 Å². The van der Waals surface area contributed by atoms with Gasteiger partial charge in [-0.1, -0.05) is 63.2 Å². The lowest BCUT2D eigenvalue weighted by Crippen LogP contribution is -2.29. The molecule has 2 heterocycles. The summed E-state index contributed by atoms with van der Waals surface area (Å²) in [6.45, 7) is 9.06. The number of fused-ring (bicyclic) bond motifs is 1. The Hall–Kier alpha value is -2.35. The van der Waals surface area contributed by atoms with Crippen LogP contribution in [0.1, 0.15) is 45.6 Å². The van der Waals surface area contributed by atoms with Crippen LogP contribution >= 0.6 is 0 Å². The van der Waals surface area contributed by atoms with Gasteiger partial charge in [0.1, 0.15) is 0 Å². The maximum absolute atomic E-state index is 4.97. The zero-order valence-corrected chi connectivity index (χ0v) is 16.1. The molecule has 1 aliphatic heterocycles. The maximum atomic E-state index is 4.97. The summed E-state index contributed by atoms with van der Waals surface area (Å²) in [4.78, 5) is 7.51. The Labute approximate surface area is 156 Å². The summed E-state index contributed by atoms with van der Waals surface area (Å²) in [6, 6.07) is 19.8. The fourth-order valence-electron chi connectivity index (χ4n) is 3.84. The average molecular weight is 345 g/mol. The summed E-state index contributed by atoms with van der Waals surface area (Å²) in [5.74, 6) is 0. The number of piperidine rings is 1. The molecule has 0 unspecified atom stereocenters. The van der Waals surface area contributed by atoms with Gasteiger partial charge >= 0.3 is 0 Å². The molecule has 0 N–H and O–H groups in total. The minimum absolute atomic E-state index is 0.175. The molecule has 1 aromatic heterocycles. The van der Waals surface area contributed by atoms with Crippen molar-refractivity contribution < 1.29 is 0 Å². The Balaban J connectivity index is 1.80. The molecule has 1 saturated heterocycles. The largest absolute Gasteiger partial charge is 0.371 e. The van der Waals surface area contributed by atoms with Crippen molar-refractivity contribution in [3.63, 3.8) is 0 Å². The first kappa shape index (κ1) is 17.1. The average Bonchev–Trinajstić information content (AvgIpc) is 2.67. The van der Waals surface area contributed by atoms with Crippen LogP contribution in [0.4, 0.5) is 5.69 Å². The van der Waals surface area contributed by atoms with Crippen LogP contribution in [0.15, 0.2) is 54.6 Å². The standard InChI is InChI=1S/C24H28N2/c1-24(2,3)19-13-11-18(12-14-19)22-17-23(26-15-7-4-8-16-26)20-9-5-6-10-21(20)25-22/h5-6,9-14,17H,4,7-8,15-16H2,1-3H3. The van der Waals surface area contributed by atoms with Crippen molar-refractivity contribution in [1.82, 2.24) is 4.98 Å². The first-order valence-corrected chi connectivity index (χ1v) is 9.78. The zero-order chi connectivity index (χ0) is 18.1. The van der Waals surface area contributed by atoms with Crippen LogP contribution in [0.2, 0.25) is 0 Å². The van der Waals surface area contributed by atoms with Gasteiger partial charge in [-0.2, -0.15) is 0 Å². The van der Waals surface area contributed by atoms with Crippen LogP contribution in [0.25, 0.3) is 22.2 Å². The molecule has 0 spiro atoms. The molecular weight excluding hydrogens is 316 g/mol. The second-order valence-electron chi connectivity index (χ2n) is 8.42. The van der Waals surface area contributed by atoms with Crippen molar-refractivity contribution in [3.8, 4) is 11.3 Å². The van der Waals surface area contributed by atoms with Gasteiger partial charge in [0.25, 0.3) is 0 Å². The van der Waals surface area contributed by atoms with Crippen LogP contribution in [0.3, 0.4) is 0 Å². The smallest absolute Gasteiger partial charge is 0.0730 e. The van der Waals surface area contributed by atoms with Gasteiger partial charge in [0, 0.05) is 29.7 Å². The molecule has 3 aromatic rings. The van der Waals surface area contributed by atoms with Gasteiger partial charge in [0.05, 0.1) is 11.2 Å². The van der Waals surface area contributed by atoms with E-state index in [0.29, 0.717) is 0 Å². The quantitative estimate of drug-likeness (QED) is 0.551. The number of hydrogen-bond acceptors (Lipinski definition) is 2. The van der Waals surface area contributed by atoms with E-state index in [1.54, 1.807) is 0 Å². The molecule has 4 rings (SSSR count). The van der Waals surface area contributed by atoms with Crippen molar-refractivity contribution in [1.29, 1.82) is 0 Å². The molecule has 0 aliphatic carbocycles. The van der Waals surface area contributed by atoms with Gasteiger partial charge < -0.3 is 4.90 Å². The maximum Gasteiger partial charge on any atom is 0.0730 e. The van der Waals surface area contributed by atoms with E-state index in [2.05, 4.69) is 80.3 Å². The van der Waals surface area contributed by atoms with Crippen LogP contribution < -0.4 is 4.90 Å². The molecule has 0 bridgehead atoms. The fourth-order valence-corrected chi connectivity index (χ4v) is 3.84. The number of anilines is 1. The number of pyridine rings is 1. The lowest BCUT2D eigenvalue weighted by atomic mass is 9.86. The third-order valence-corrected chi connectivity index (χ3v) is 5.44. The number of para-hydroxylation sites is 1. The summed E-state index contributed by atoms with van der Waals surface area (Å²) in [7, 11) is 0. The molecule has 0 amide bonds. The fraction of sp³-hybridized carbons (Fsp3) is 0.375. The number of nitrogens with zero attached hydrogens (tertiary/aromatic N) is 2. The normalized spacial score (nSPS) is 15.4.